The van der Waals surface area contributed by atoms with Crippen LogP contribution in [0.15, 0.2) is 109 Å². The number of carbonyl (C=O) groups is 4. The average molecular weight is 1420 g/mol. The van der Waals surface area contributed by atoms with Crippen molar-refractivity contribution in [2.24, 2.45) is 0 Å². The summed E-state index contributed by atoms with van der Waals surface area (Å²) in [6.07, 6.45) is 75.2. The topological polar surface area (TPSA) is 237 Å². The molecule has 0 bridgehead atoms. The second-order valence-corrected chi connectivity index (χ2v) is 28.1. The number of phosphoric acid groups is 2. The Morgan fingerprint density at radius 2 is 0.531 bits per heavy atom. The van der Waals surface area contributed by atoms with Crippen molar-refractivity contribution in [3.05, 3.63) is 109 Å². The highest BCUT2D eigenvalue weighted by molar-refractivity contribution is 7.47. The van der Waals surface area contributed by atoms with Gasteiger partial charge in [-0.1, -0.05) is 265 Å². The molecule has 0 radical (unpaired) electrons. The van der Waals surface area contributed by atoms with E-state index in [0.717, 1.165) is 161 Å². The molecule has 17 nitrogen and oxygen atoms in total. The van der Waals surface area contributed by atoms with Crippen molar-refractivity contribution in [2.75, 3.05) is 39.6 Å². The van der Waals surface area contributed by atoms with Crippen LogP contribution in [-0.2, 0) is 65.4 Å². The largest absolute Gasteiger partial charge is 0.472 e. The molecule has 0 rings (SSSR count). The maximum Gasteiger partial charge on any atom is 0.472 e. The first-order valence-electron chi connectivity index (χ1n) is 38.1. The second-order valence-electron chi connectivity index (χ2n) is 25.2. The Morgan fingerprint density at radius 1 is 0.296 bits per heavy atom. The summed E-state index contributed by atoms with van der Waals surface area (Å²) in [6, 6.07) is 0. The van der Waals surface area contributed by atoms with Crippen LogP contribution >= 0.6 is 15.6 Å². The Bertz CT molecular complexity index is 2290. The van der Waals surface area contributed by atoms with Gasteiger partial charge in [-0.25, -0.2) is 9.13 Å². The Morgan fingerprint density at radius 3 is 0.857 bits per heavy atom. The minimum absolute atomic E-state index is 0.0380. The van der Waals surface area contributed by atoms with Crippen molar-refractivity contribution < 1.29 is 80.2 Å². The maximum absolute atomic E-state index is 13.1. The first-order valence-corrected chi connectivity index (χ1v) is 41.1. The van der Waals surface area contributed by atoms with E-state index < -0.39 is 97.5 Å². The molecule has 0 fully saturated rings. The summed E-state index contributed by atoms with van der Waals surface area (Å²) in [7, 11) is -9.96. The molecule has 0 aliphatic heterocycles. The molecule has 0 aromatic carbocycles. The van der Waals surface area contributed by atoms with Crippen LogP contribution in [0.5, 0.6) is 0 Å². The van der Waals surface area contributed by atoms with E-state index in [1.54, 1.807) is 0 Å². The van der Waals surface area contributed by atoms with E-state index in [1.165, 1.54) is 64.2 Å². The summed E-state index contributed by atoms with van der Waals surface area (Å²) < 4.78 is 68.4. The quantitative estimate of drug-likeness (QED) is 0.0169. The van der Waals surface area contributed by atoms with Gasteiger partial charge < -0.3 is 33.8 Å². The van der Waals surface area contributed by atoms with Crippen LogP contribution < -0.4 is 0 Å². The number of aliphatic hydroxyl groups excluding tert-OH is 1. The maximum atomic E-state index is 13.1. The zero-order valence-corrected chi connectivity index (χ0v) is 63.2. The zero-order chi connectivity index (χ0) is 71.8. The Hall–Kier alpha value is -4.28. The Kier molecular flexibility index (Phi) is 68.0. The number of esters is 4. The minimum atomic E-state index is -4.99. The van der Waals surface area contributed by atoms with Gasteiger partial charge in [0.05, 0.1) is 26.4 Å². The van der Waals surface area contributed by atoms with Crippen LogP contribution in [0.4, 0.5) is 0 Å². The Labute approximate surface area is 594 Å². The summed E-state index contributed by atoms with van der Waals surface area (Å²) in [5.41, 5.74) is 0. The van der Waals surface area contributed by atoms with Crippen LogP contribution in [0.25, 0.3) is 0 Å². The van der Waals surface area contributed by atoms with Crippen molar-refractivity contribution in [3.63, 3.8) is 0 Å². The first-order chi connectivity index (χ1) is 47.7. The van der Waals surface area contributed by atoms with Gasteiger partial charge in [0, 0.05) is 25.7 Å². The summed E-state index contributed by atoms with van der Waals surface area (Å²) in [5, 5.41) is 10.6. The van der Waals surface area contributed by atoms with Gasteiger partial charge in [-0.2, -0.15) is 0 Å². The van der Waals surface area contributed by atoms with Crippen molar-refractivity contribution in [2.45, 2.75) is 329 Å². The number of phosphoric ester groups is 2. The molecule has 0 aliphatic carbocycles. The van der Waals surface area contributed by atoms with Gasteiger partial charge >= 0.3 is 39.5 Å². The fraction of sp³-hybridized carbons (Fsp3) is 0.722. The van der Waals surface area contributed by atoms with E-state index in [0.29, 0.717) is 32.1 Å². The lowest BCUT2D eigenvalue weighted by Crippen LogP contribution is -2.30. The summed E-state index contributed by atoms with van der Waals surface area (Å²) in [4.78, 5) is 72.8. The molecule has 0 spiro atoms. The van der Waals surface area contributed by atoms with Crippen molar-refractivity contribution >= 4 is 39.5 Å². The molecule has 564 valence electrons. The highest BCUT2D eigenvalue weighted by Gasteiger charge is 2.30. The Balaban J connectivity index is 5.36. The van der Waals surface area contributed by atoms with Gasteiger partial charge in [0.2, 0.25) is 0 Å². The number of hydrogen-bond donors (Lipinski definition) is 3. The minimum Gasteiger partial charge on any atom is -0.462 e. The molecule has 5 atom stereocenters. The predicted octanol–water partition coefficient (Wildman–Crippen LogP) is 21.8. The van der Waals surface area contributed by atoms with E-state index in [4.69, 9.17) is 37.0 Å². The smallest absolute Gasteiger partial charge is 0.462 e. The summed E-state index contributed by atoms with van der Waals surface area (Å²) in [6.45, 7) is 4.56. The normalized spacial score (nSPS) is 14.6. The lowest BCUT2D eigenvalue weighted by Gasteiger charge is -2.21. The standard InChI is InChI=1S/C79H136O17P2/c1-5-9-13-17-21-25-29-32-34-35-36-37-39-41-45-48-52-56-60-64-77(82)90-70-75(96-79(84)66-62-58-54-50-46-42-38-33-30-26-22-18-14-10-6-2)72-94-98(87,88)92-68-73(80)67-91-97(85,86)93-71-74(95-78(83)65-61-57-53-49-43-28-24-20-16-12-8-4)69-89-76(81)63-59-55-51-47-44-40-31-27-23-19-15-11-7-3/h9-10,13-14,21-22,25-27,31-34,36-38,46,50,73-75,80H,5-8,11-12,15-20,23-24,28-30,35,39-45,47-49,51-72H2,1-4H3,(H,85,86)(H,87,88)/b13-9-,14-10-,25-21-,26-22-,31-27-,34-32-,37-36-,38-33-,50-46-. The fourth-order valence-corrected chi connectivity index (χ4v) is 11.5. The van der Waals surface area contributed by atoms with E-state index >= 15 is 0 Å². The average Bonchev–Trinajstić information content (AvgIpc) is 0.992. The number of allylic oxidation sites excluding steroid dienone is 18. The number of hydrogen-bond acceptors (Lipinski definition) is 15. The second kappa shape index (κ2) is 71.1. The third-order valence-electron chi connectivity index (χ3n) is 15.7. The molecule has 19 heteroatoms. The highest BCUT2D eigenvalue weighted by Crippen LogP contribution is 2.45. The SMILES string of the molecule is CC/C=C\C/C=C\C/C=C\C/C=C\CCCCCCCCC(=O)OCC(COP(=O)(O)OCC(O)COP(=O)(O)OCC(COC(=O)CCCCCCC/C=C\CCCCCC)OC(=O)CCCCCCCCCCCCC)OC(=O)CCCC/C=C\C/C=C\C/C=C\C/C=C\CC. The van der Waals surface area contributed by atoms with Crippen LogP contribution in [-0.4, -0.2) is 96.7 Å². The van der Waals surface area contributed by atoms with E-state index in [1.807, 2.05) is 0 Å². The van der Waals surface area contributed by atoms with Crippen LogP contribution in [0.2, 0.25) is 0 Å². The lowest BCUT2D eigenvalue weighted by atomic mass is 10.1. The third-order valence-corrected chi connectivity index (χ3v) is 17.6. The molecule has 98 heavy (non-hydrogen) atoms. The molecule has 0 amide bonds. The number of ether oxygens (including phenoxy) is 4. The highest BCUT2D eigenvalue weighted by atomic mass is 31.2. The van der Waals surface area contributed by atoms with Gasteiger partial charge in [0.25, 0.3) is 0 Å². The van der Waals surface area contributed by atoms with Crippen molar-refractivity contribution in [3.8, 4) is 0 Å². The van der Waals surface area contributed by atoms with E-state index in [2.05, 4.69) is 137 Å². The van der Waals surface area contributed by atoms with Crippen LogP contribution in [0.3, 0.4) is 0 Å². The van der Waals surface area contributed by atoms with Crippen molar-refractivity contribution in [1.29, 1.82) is 0 Å². The van der Waals surface area contributed by atoms with E-state index in [-0.39, 0.29) is 25.7 Å². The molecule has 0 aliphatic rings. The molecule has 3 N–H and O–H groups in total. The lowest BCUT2D eigenvalue weighted by molar-refractivity contribution is -0.161. The number of rotatable bonds is 71. The molecule has 0 heterocycles. The van der Waals surface area contributed by atoms with Crippen LogP contribution in [0.1, 0.15) is 310 Å². The third kappa shape index (κ3) is 70.2. The predicted molar refractivity (Wildman–Crippen MR) is 399 cm³/mol. The zero-order valence-electron chi connectivity index (χ0n) is 61.4. The molecule has 0 saturated carbocycles. The molecular weight excluding hydrogens is 1280 g/mol. The first kappa shape index (κ1) is 93.7. The van der Waals surface area contributed by atoms with Gasteiger partial charge in [-0.15, -0.1) is 0 Å². The molecular formula is C79H136O17P2. The van der Waals surface area contributed by atoms with Gasteiger partial charge in [-0.3, -0.25) is 37.3 Å². The number of unbranched alkanes of at least 4 members (excludes halogenated alkanes) is 27. The monoisotopic (exact) mass is 1420 g/mol. The fourth-order valence-electron chi connectivity index (χ4n) is 9.96. The van der Waals surface area contributed by atoms with Gasteiger partial charge in [0.1, 0.15) is 19.3 Å². The van der Waals surface area contributed by atoms with Crippen molar-refractivity contribution in [1.82, 2.24) is 0 Å². The number of aliphatic hydroxyl groups is 1. The molecule has 0 saturated heterocycles. The van der Waals surface area contributed by atoms with E-state index in [9.17, 15) is 43.2 Å². The summed E-state index contributed by atoms with van der Waals surface area (Å²) in [5.74, 6) is -2.24. The van der Waals surface area contributed by atoms with Gasteiger partial charge in [0.15, 0.2) is 12.2 Å². The number of carbonyl (C=O) groups excluding carboxylic acids is 4. The summed E-state index contributed by atoms with van der Waals surface area (Å²) >= 11 is 0. The molecule has 0 aromatic heterocycles. The van der Waals surface area contributed by atoms with Crippen LogP contribution in [0, 0.1) is 0 Å². The van der Waals surface area contributed by atoms with Gasteiger partial charge in [-0.05, 0) is 128 Å². The molecule has 0 aromatic rings. The molecule has 5 unspecified atom stereocenters.